The van der Waals surface area contributed by atoms with E-state index in [1.807, 2.05) is 13.8 Å². The van der Waals surface area contributed by atoms with Crippen LogP contribution in [0.2, 0.25) is 0 Å². The molecule has 0 aromatic heterocycles. The Hall–Kier alpha value is -0.610. The molecule has 13 heavy (non-hydrogen) atoms. The SMILES string of the molecule is CCOC(C)CC(C)(NC)C(=O)O. The quantitative estimate of drug-likeness (QED) is 0.650. The van der Waals surface area contributed by atoms with Crippen molar-refractivity contribution in [1.29, 1.82) is 0 Å². The van der Waals surface area contributed by atoms with Gasteiger partial charge in [-0.2, -0.15) is 0 Å². The smallest absolute Gasteiger partial charge is 0.323 e. The molecule has 0 amide bonds. The summed E-state index contributed by atoms with van der Waals surface area (Å²) in [6.07, 6.45) is 0.422. The lowest BCUT2D eigenvalue weighted by Gasteiger charge is -2.27. The molecule has 0 aromatic carbocycles. The van der Waals surface area contributed by atoms with Crippen molar-refractivity contribution >= 4 is 5.97 Å². The van der Waals surface area contributed by atoms with Crippen LogP contribution in [-0.2, 0) is 9.53 Å². The van der Waals surface area contributed by atoms with Crippen LogP contribution in [0, 0.1) is 0 Å². The molecule has 0 radical (unpaired) electrons. The molecule has 0 bridgehead atoms. The molecule has 2 atom stereocenters. The third-order valence-corrected chi connectivity index (χ3v) is 2.17. The lowest BCUT2D eigenvalue weighted by atomic mass is 9.95. The summed E-state index contributed by atoms with van der Waals surface area (Å²) >= 11 is 0. The second-order valence-electron chi connectivity index (χ2n) is 3.36. The Labute approximate surface area is 79.3 Å². The molecule has 0 heterocycles. The van der Waals surface area contributed by atoms with E-state index in [0.29, 0.717) is 13.0 Å². The van der Waals surface area contributed by atoms with Gasteiger partial charge in [0.05, 0.1) is 6.10 Å². The molecule has 78 valence electrons. The Morgan fingerprint density at radius 2 is 2.23 bits per heavy atom. The van der Waals surface area contributed by atoms with Gasteiger partial charge < -0.3 is 15.2 Å². The zero-order chi connectivity index (χ0) is 10.5. The highest BCUT2D eigenvalue weighted by Crippen LogP contribution is 2.14. The minimum Gasteiger partial charge on any atom is -0.480 e. The number of rotatable bonds is 6. The third kappa shape index (κ3) is 3.74. The van der Waals surface area contributed by atoms with Crippen LogP contribution >= 0.6 is 0 Å². The van der Waals surface area contributed by atoms with Crippen LogP contribution in [0.5, 0.6) is 0 Å². The van der Waals surface area contributed by atoms with Gasteiger partial charge in [0.15, 0.2) is 0 Å². The number of hydrogen-bond donors (Lipinski definition) is 2. The topological polar surface area (TPSA) is 58.6 Å². The number of likely N-dealkylation sites (N-methyl/N-ethyl adjacent to an activating group) is 1. The standard InChI is InChI=1S/C9H19NO3/c1-5-13-7(2)6-9(3,10-4)8(11)12/h7,10H,5-6H2,1-4H3,(H,11,12). The monoisotopic (exact) mass is 189 g/mol. The molecule has 0 aromatic rings. The minimum absolute atomic E-state index is 0.0430. The molecule has 0 aliphatic carbocycles. The first kappa shape index (κ1) is 12.4. The van der Waals surface area contributed by atoms with Crippen molar-refractivity contribution in [3.05, 3.63) is 0 Å². The highest BCUT2D eigenvalue weighted by atomic mass is 16.5. The maximum Gasteiger partial charge on any atom is 0.323 e. The Balaban J connectivity index is 4.18. The summed E-state index contributed by atoms with van der Waals surface area (Å²) in [7, 11) is 1.65. The lowest BCUT2D eigenvalue weighted by molar-refractivity contribution is -0.145. The average molecular weight is 189 g/mol. The average Bonchev–Trinajstić information content (AvgIpc) is 2.04. The summed E-state index contributed by atoms with van der Waals surface area (Å²) < 4.78 is 5.29. The van der Waals surface area contributed by atoms with Crippen LogP contribution in [0.1, 0.15) is 27.2 Å². The number of hydrogen-bond acceptors (Lipinski definition) is 3. The summed E-state index contributed by atoms with van der Waals surface area (Å²) in [5.74, 6) is -0.846. The predicted molar refractivity (Wildman–Crippen MR) is 50.8 cm³/mol. The van der Waals surface area contributed by atoms with Crippen molar-refractivity contribution in [1.82, 2.24) is 5.32 Å². The molecule has 2 unspecified atom stereocenters. The fourth-order valence-corrected chi connectivity index (χ4v) is 1.21. The first-order valence-electron chi connectivity index (χ1n) is 4.50. The van der Waals surface area contributed by atoms with Gasteiger partial charge in [0.1, 0.15) is 5.54 Å². The van der Waals surface area contributed by atoms with Gasteiger partial charge in [-0.3, -0.25) is 4.79 Å². The van der Waals surface area contributed by atoms with Gasteiger partial charge in [-0.05, 0) is 27.8 Å². The van der Waals surface area contributed by atoms with Crippen LogP contribution in [0.25, 0.3) is 0 Å². The Morgan fingerprint density at radius 3 is 2.54 bits per heavy atom. The predicted octanol–water partition coefficient (Wildman–Crippen LogP) is 0.864. The Bertz CT molecular complexity index is 172. The Morgan fingerprint density at radius 1 is 1.69 bits per heavy atom. The third-order valence-electron chi connectivity index (χ3n) is 2.17. The van der Waals surface area contributed by atoms with Crippen LogP contribution in [-0.4, -0.2) is 36.4 Å². The molecule has 0 aliphatic heterocycles. The first-order valence-corrected chi connectivity index (χ1v) is 4.50. The van der Waals surface area contributed by atoms with Gasteiger partial charge in [0.2, 0.25) is 0 Å². The molecule has 0 spiro atoms. The van der Waals surface area contributed by atoms with Crippen LogP contribution in [0.3, 0.4) is 0 Å². The van der Waals surface area contributed by atoms with Crippen molar-refractivity contribution in [2.24, 2.45) is 0 Å². The largest absolute Gasteiger partial charge is 0.480 e. The minimum atomic E-state index is -0.894. The van der Waals surface area contributed by atoms with Crippen molar-refractivity contribution < 1.29 is 14.6 Å². The molecule has 0 rings (SSSR count). The highest BCUT2D eigenvalue weighted by Gasteiger charge is 2.32. The number of ether oxygens (including phenoxy) is 1. The van der Waals surface area contributed by atoms with Crippen LogP contribution in [0.15, 0.2) is 0 Å². The normalized spacial score (nSPS) is 17.8. The van der Waals surface area contributed by atoms with E-state index in [-0.39, 0.29) is 6.10 Å². The second-order valence-corrected chi connectivity index (χ2v) is 3.36. The molecule has 0 saturated carbocycles. The van der Waals surface area contributed by atoms with E-state index in [0.717, 1.165) is 0 Å². The van der Waals surface area contributed by atoms with Crippen molar-refractivity contribution in [3.63, 3.8) is 0 Å². The molecule has 0 aliphatic rings. The lowest BCUT2D eigenvalue weighted by Crippen LogP contribution is -2.49. The van der Waals surface area contributed by atoms with Gasteiger partial charge in [-0.1, -0.05) is 0 Å². The number of carbonyl (C=O) groups is 1. The van der Waals surface area contributed by atoms with Gasteiger partial charge >= 0.3 is 5.97 Å². The maximum absolute atomic E-state index is 10.9. The van der Waals surface area contributed by atoms with Gasteiger partial charge in [-0.15, -0.1) is 0 Å². The van der Waals surface area contributed by atoms with Crippen molar-refractivity contribution in [2.45, 2.75) is 38.8 Å². The maximum atomic E-state index is 10.9. The fourth-order valence-electron chi connectivity index (χ4n) is 1.21. The molecule has 4 heteroatoms. The molecule has 0 fully saturated rings. The summed E-state index contributed by atoms with van der Waals surface area (Å²) in [4.78, 5) is 10.9. The van der Waals surface area contributed by atoms with E-state index in [4.69, 9.17) is 9.84 Å². The van der Waals surface area contributed by atoms with Crippen molar-refractivity contribution in [2.75, 3.05) is 13.7 Å². The summed E-state index contributed by atoms with van der Waals surface area (Å²) in [5, 5.41) is 11.7. The highest BCUT2D eigenvalue weighted by molar-refractivity contribution is 5.78. The van der Waals surface area contributed by atoms with E-state index >= 15 is 0 Å². The van der Waals surface area contributed by atoms with Gasteiger partial charge in [-0.25, -0.2) is 0 Å². The molecule has 2 N–H and O–H groups in total. The number of nitrogens with one attached hydrogen (secondary N) is 1. The zero-order valence-corrected chi connectivity index (χ0v) is 8.76. The molecule has 4 nitrogen and oxygen atoms in total. The number of aliphatic carboxylic acids is 1. The summed E-state index contributed by atoms with van der Waals surface area (Å²) in [5.41, 5.74) is -0.894. The van der Waals surface area contributed by atoms with Gasteiger partial charge in [0, 0.05) is 13.0 Å². The van der Waals surface area contributed by atoms with Crippen LogP contribution < -0.4 is 5.32 Å². The molecular weight excluding hydrogens is 170 g/mol. The van der Waals surface area contributed by atoms with Crippen LogP contribution in [0.4, 0.5) is 0 Å². The molecular formula is C9H19NO3. The van der Waals surface area contributed by atoms with E-state index in [1.165, 1.54) is 0 Å². The van der Waals surface area contributed by atoms with E-state index < -0.39 is 11.5 Å². The molecule has 0 saturated heterocycles. The second kappa shape index (κ2) is 5.19. The van der Waals surface area contributed by atoms with E-state index in [1.54, 1.807) is 14.0 Å². The number of carboxylic acids is 1. The van der Waals surface area contributed by atoms with Crippen molar-refractivity contribution in [3.8, 4) is 0 Å². The first-order chi connectivity index (χ1) is 5.96. The number of carboxylic acid groups (broad SMARTS) is 1. The van der Waals surface area contributed by atoms with Gasteiger partial charge in [0.25, 0.3) is 0 Å². The fraction of sp³-hybridized carbons (Fsp3) is 0.889. The van der Waals surface area contributed by atoms with E-state index in [2.05, 4.69) is 5.32 Å². The Kier molecular flexibility index (Phi) is 4.95. The summed E-state index contributed by atoms with van der Waals surface area (Å²) in [6.45, 7) is 6.04. The zero-order valence-electron chi connectivity index (χ0n) is 8.76. The van der Waals surface area contributed by atoms with E-state index in [9.17, 15) is 4.79 Å². The summed E-state index contributed by atoms with van der Waals surface area (Å²) in [6, 6.07) is 0.